The maximum Gasteiger partial charge on any atom is 0.139 e. The lowest BCUT2D eigenvalue weighted by molar-refractivity contribution is 0.0275. The van der Waals surface area contributed by atoms with E-state index < -0.39 is 0 Å². The summed E-state index contributed by atoms with van der Waals surface area (Å²) in [5, 5.41) is 0. The van der Waals surface area contributed by atoms with Crippen LogP contribution in [0.2, 0.25) is 0 Å². The minimum Gasteiger partial charge on any atom is -0.495 e. The van der Waals surface area contributed by atoms with Crippen LogP contribution in [0.4, 0.5) is 0 Å². The molecule has 0 amide bonds. The van der Waals surface area contributed by atoms with Crippen molar-refractivity contribution in [3.8, 4) is 17.2 Å². The highest BCUT2D eigenvalue weighted by molar-refractivity contribution is 5.72. The molecule has 0 aromatic heterocycles. The second-order valence-electron chi connectivity index (χ2n) is 7.25. The van der Waals surface area contributed by atoms with Crippen LogP contribution in [0.1, 0.15) is 49.2 Å². The first-order chi connectivity index (χ1) is 12.5. The lowest BCUT2D eigenvalue weighted by Gasteiger charge is -2.36. The highest BCUT2D eigenvalue weighted by atomic mass is 16.5. The molecule has 0 saturated carbocycles. The summed E-state index contributed by atoms with van der Waals surface area (Å²) < 4.78 is 24.1. The van der Waals surface area contributed by atoms with Gasteiger partial charge in [-0.1, -0.05) is 30.3 Å². The fourth-order valence-corrected chi connectivity index (χ4v) is 3.71. The summed E-state index contributed by atoms with van der Waals surface area (Å²) in [6.07, 6.45) is 4.67. The Morgan fingerprint density at radius 1 is 1.08 bits per heavy atom. The normalized spacial score (nSPS) is 22.6. The minimum absolute atomic E-state index is 0.0662. The summed E-state index contributed by atoms with van der Waals surface area (Å²) in [7, 11) is 3.41. The summed E-state index contributed by atoms with van der Waals surface area (Å²) in [4.78, 5) is 0. The molecular formula is C22H24O4. The second-order valence-corrected chi connectivity index (χ2v) is 7.25. The minimum atomic E-state index is -0.361. The van der Waals surface area contributed by atoms with E-state index in [4.69, 9.17) is 18.9 Å². The van der Waals surface area contributed by atoms with Gasteiger partial charge in [-0.2, -0.15) is 0 Å². The molecule has 26 heavy (non-hydrogen) atoms. The first-order valence-corrected chi connectivity index (χ1v) is 8.90. The molecule has 0 N–H and O–H groups in total. The molecule has 0 saturated heterocycles. The monoisotopic (exact) mass is 352 g/mol. The SMILES string of the molecule is COc1c2c(cc3c1[C@H](OC)C[C@H](c1ccccc1)O3)OC(C)(C)C=C2. The first kappa shape index (κ1) is 17.0. The van der Waals surface area contributed by atoms with Crippen molar-refractivity contribution in [2.75, 3.05) is 14.2 Å². The van der Waals surface area contributed by atoms with Crippen molar-refractivity contribution in [2.45, 2.75) is 38.1 Å². The van der Waals surface area contributed by atoms with Crippen LogP contribution in [0.15, 0.2) is 42.5 Å². The quantitative estimate of drug-likeness (QED) is 0.771. The van der Waals surface area contributed by atoms with Crippen molar-refractivity contribution >= 4 is 6.08 Å². The third-order valence-corrected chi connectivity index (χ3v) is 4.99. The van der Waals surface area contributed by atoms with E-state index in [-0.39, 0.29) is 17.8 Å². The van der Waals surface area contributed by atoms with E-state index in [1.165, 1.54) is 0 Å². The summed E-state index contributed by atoms with van der Waals surface area (Å²) >= 11 is 0. The lowest BCUT2D eigenvalue weighted by Crippen LogP contribution is -2.28. The van der Waals surface area contributed by atoms with Gasteiger partial charge in [-0.25, -0.2) is 0 Å². The van der Waals surface area contributed by atoms with E-state index in [1.54, 1.807) is 14.2 Å². The Bertz CT molecular complexity index is 839. The van der Waals surface area contributed by atoms with Crippen LogP contribution in [0, 0.1) is 0 Å². The van der Waals surface area contributed by atoms with Crippen LogP contribution in [-0.2, 0) is 4.74 Å². The summed E-state index contributed by atoms with van der Waals surface area (Å²) in [6, 6.07) is 12.2. The van der Waals surface area contributed by atoms with Crippen LogP contribution in [-0.4, -0.2) is 19.8 Å². The number of fused-ring (bicyclic) bond motifs is 2. The Balaban J connectivity index is 1.83. The van der Waals surface area contributed by atoms with Gasteiger partial charge >= 0.3 is 0 Å². The van der Waals surface area contributed by atoms with Gasteiger partial charge in [0.1, 0.15) is 29.0 Å². The zero-order valence-corrected chi connectivity index (χ0v) is 15.6. The number of ether oxygens (including phenoxy) is 4. The predicted molar refractivity (Wildman–Crippen MR) is 101 cm³/mol. The van der Waals surface area contributed by atoms with Crippen molar-refractivity contribution in [1.29, 1.82) is 0 Å². The molecule has 0 bridgehead atoms. The van der Waals surface area contributed by atoms with Gasteiger partial charge in [0.05, 0.1) is 24.3 Å². The van der Waals surface area contributed by atoms with Gasteiger partial charge in [0.15, 0.2) is 0 Å². The smallest absolute Gasteiger partial charge is 0.139 e. The third kappa shape index (κ3) is 2.84. The first-order valence-electron chi connectivity index (χ1n) is 8.90. The molecule has 0 aliphatic carbocycles. The average molecular weight is 352 g/mol. The number of hydrogen-bond donors (Lipinski definition) is 0. The highest BCUT2D eigenvalue weighted by Crippen LogP contribution is 2.52. The summed E-state index contributed by atoms with van der Waals surface area (Å²) in [5.74, 6) is 2.30. The van der Waals surface area contributed by atoms with Gasteiger partial charge < -0.3 is 18.9 Å². The van der Waals surface area contributed by atoms with Crippen molar-refractivity contribution in [2.24, 2.45) is 0 Å². The van der Waals surface area contributed by atoms with Crippen LogP contribution < -0.4 is 14.2 Å². The molecule has 0 unspecified atom stereocenters. The maximum atomic E-state index is 6.36. The van der Waals surface area contributed by atoms with E-state index in [1.807, 2.05) is 44.2 Å². The average Bonchev–Trinajstić information content (AvgIpc) is 2.65. The number of benzene rings is 2. The molecule has 0 spiro atoms. The van der Waals surface area contributed by atoms with E-state index in [2.05, 4.69) is 18.2 Å². The molecule has 2 heterocycles. The molecule has 2 aliphatic heterocycles. The van der Waals surface area contributed by atoms with E-state index in [9.17, 15) is 0 Å². The molecule has 0 fully saturated rings. The molecule has 4 rings (SSSR count). The lowest BCUT2D eigenvalue weighted by atomic mass is 9.91. The molecule has 2 aliphatic rings. The van der Waals surface area contributed by atoms with Gasteiger partial charge in [-0.15, -0.1) is 0 Å². The van der Waals surface area contributed by atoms with Gasteiger partial charge in [-0.05, 0) is 31.6 Å². The van der Waals surface area contributed by atoms with Gasteiger partial charge in [0.25, 0.3) is 0 Å². The van der Waals surface area contributed by atoms with Gasteiger partial charge in [0.2, 0.25) is 0 Å². The Kier molecular flexibility index (Phi) is 4.16. The topological polar surface area (TPSA) is 36.9 Å². The molecule has 2 atom stereocenters. The van der Waals surface area contributed by atoms with Crippen molar-refractivity contribution < 1.29 is 18.9 Å². The van der Waals surface area contributed by atoms with Gasteiger partial charge in [0, 0.05) is 19.6 Å². The molecule has 0 radical (unpaired) electrons. The molecule has 136 valence electrons. The number of rotatable bonds is 3. The molecule has 2 aromatic carbocycles. The van der Waals surface area contributed by atoms with Crippen LogP contribution in [0.5, 0.6) is 17.2 Å². The summed E-state index contributed by atoms with van der Waals surface area (Å²) in [5.41, 5.74) is 2.67. The Hall–Kier alpha value is -2.46. The third-order valence-electron chi connectivity index (χ3n) is 4.99. The predicted octanol–water partition coefficient (Wildman–Crippen LogP) is 5.09. The van der Waals surface area contributed by atoms with E-state index in [0.717, 1.165) is 40.4 Å². The Labute approximate surface area is 154 Å². The highest BCUT2D eigenvalue weighted by Gasteiger charge is 2.36. The maximum absolute atomic E-state index is 6.36. The Morgan fingerprint density at radius 3 is 2.54 bits per heavy atom. The second kappa shape index (κ2) is 6.36. The number of methoxy groups -OCH3 is 2. The molecular weight excluding hydrogens is 328 g/mol. The molecule has 4 heteroatoms. The van der Waals surface area contributed by atoms with Crippen molar-refractivity contribution in [3.05, 3.63) is 59.2 Å². The fourth-order valence-electron chi connectivity index (χ4n) is 3.71. The van der Waals surface area contributed by atoms with Crippen molar-refractivity contribution in [3.63, 3.8) is 0 Å². The van der Waals surface area contributed by atoms with Crippen LogP contribution >= 0.6 is 0 Å². The standard InChI is InChI=1S/C22H24O4/c1-22(2)11-10-15-17(26-22)13-19-20(21(15)24-4)18(23-3)12-16(25-19)14-8-6-5-7-9-14/h5-11,13,16,18H,12H2,1-4H3/t16-,18-/m1/s1. The van der Waals surface area contributed by atoms with E-state index in [0.29, 0.717) is 0 Å². The summed E-state index contributed by atoms with van der Waals surface area (Å²) in [6.45, 7) is 4.06. The zero-order chi connectivity index (χ0) is 18.3. The molecule has 4 nitrogen and oxygen atoms in total. The van der Waals surface area contributed by atoms with Crippen LogP contribution in [0.3, 0.4) is 0 Å². The molecule has 2 aromatic rings. The van der Waals surface area contributed by atoms with Crippen LogP contribution in [0.25, 0.3) is 6.08 Å². The largest absolute Gasteiger partial charge is 0.495 e. The number of hydrogen-bond acceptors (Lipinski definition) is 4. The fraction of sp³-hybridized carbons (Fsp3) is 0.364. The van der Waals surface area contributed by atoms with Gasteiger partial charge in [-0.3, -0.25) is 0 Å². The zero-order valence-electron chi connectivity index (χ0n) is 15.6. The van der Waals surface area contributed by atoms with Crippen molar-refractivity contribution in [1.82, 2.24) is 0 Å². The Morgan fingerprint density at radius 2 is 1.85 bits per heavy atom. The van der Waals surface area contributed by atoms with E-state index >= 15 is 0 Å².